The number of carbonyl (C=O) groups excluding carboxylic acids is 2. The third-order valence-corrected chi connectivity index (χ3v) is 3.89. The molecular formula is C20H22ClN3O4S. The maximum absolute atomic E-state index is 12.4. The van der Waals surface area contributed by atoms with Crippen molar-refractivity contribution in [3.63, 3.8) is 0 Å². The molecule has 3 N–H and O–H groups in total. The van der Waals surface area contributed by atoms with E-state index in [0.717, 1.165) is 0 Å². The van der Waals surface area contributed by atoms with Crippen LogP contribution in [0, 0.1) is 5.92 Å². The second-order valence-corrected chi connectivity index (χ2v) is 7.24. The van der Waals surface area contributed by atoms with E-state index in [1.54, 1.807) is 48.5 Å². The summed E-state index contributed by atoms with van der Waals surface area (Å²) in [6.07, 6.45) is 0. The Balaban J connectivity index is 1.79. The lowest BCUT2D eigenvalue weighted by Gasteiger charge is -2.14. The average Bonchev–Trinajstić information content (AvgIpc) is 2.70. The normalized spacial score (nSPS) is 10.2. The van der Waals surface area contributed by atoms with E-state index >= 15 is 0 Å². The number of rotatable bonds is 7. The Kier molecular flexibility index (Phi) is 8.69. The quantitative estimate of drug-likeness (QED) is 0.457. The van der Waals surface area contributed by atoms with E-state index in [9.17, 15) is 9.59 Å². The van der Waals surface area contributed by atoms with Gasteiger partial charge in [-0.05, 0) is 54.5 Å². The molecule has 2 aromatic carbocycles. The molecule has 2 aromatic rings. The molecule has 2 amide bonds. The third kappa shape index (κ3) is 7.97. The van der Waals surface area contributed by atoms with Crippen LogP contribution in [0.3, 0.4) is 0 Å². The fourth-order valence-electron chi connectivity index (χ4n) is 2.08. The molecule has 0 radical (unpaired) electrons. The Hall–Kier alpha value is -2.84. The highest BCUT2D eigenvalue weighted by Gasteiger charge is 2.14. The van der Waals surface area contributed by atoms with Gasteiger partial charge < -0.3 is 9.47 Å². The van der Waals surface area contributed by atoms with Gasteiger partial charge in [0, 0.05) is 5.02 Å². The van der Waals surface area contributed by atoms with Gasteiger partial charge in [-0.2, -0.15) is 0 Å². The Morgan fingerprint density at radius 3 is 2.41 bits per heavy atom. The summed E-state index contributed by atoms with van der Waals surface area (Å²) in [5.74, 6) is 0.352. The molecule has 0 aliphatic rings. The second kappa shape index (κ2) is 11.2. The minimum Gasteiger partial charge on any atom is -0.492 e. The van der Waals surface area contributed by atoms with Gasteiger partial charge in [0.15, 0.2) is 11.7 Å². The van der Waals surface area contributed by atoms with Crippen molar-refractivity contribution in [2.75, 3.05) is 13.2 Å². The van der Waals surface area contributed by atoms with Gasteiger partial charge in [-0.25, -0.2) is 0 Å². The lowest BCUT2D eigenvalue weighted by Crippen LogP contribution is -2.49. The molecule has 0 unspecified atom stereocenters. The fourth-order valence-corrected chi connectivity index (χ4v) is 2.35. The monoisotopic (exact) mass is 435 g/mol. The van der Waals surface area contributed by atoms with Crippen LogP contribution in [0.15, 0.2) is 48.5 Å². The first-order chi connectivity index (χ1) is 13.8. The van der Waals surface area contributed by atoms with Gasteiger partial charge >= 0.3 is 0 Å². The van der Waals surface area contributed by atoms with Crippen molar-refractivity contribution in [3.8, 4) is 11.5 Å². The predicted molar refractivity (Wildman–Crippen MR) is 115 cm³/mol. The summed E-state index contributed by atoms with van der Waals surface area (Å²) in [7, 11) is 0. The topological polar surface area (TPSA) is 88.7 Å². The summed E-state index contributed by atoms with van der Waals surface area (Å²) >= 11 is 10.8. The molecule has 29 heavy (non-hydrogen) atoms. The van der Waals surface area contributed by atoms with Crippen molar-refractivity contribution >= 4 is 40.7 Å². The summed E-state index contributed by atoms with van der Waals surface area (Å²) in [6, 6.07) is 13.4. The fraction of sp³-hybridized carbons (Fsp3) is 0.250. The van der Waals surface area contributed by atoms with Crippen LogP contribution in [0.4, 0.5) is 0 Å². The zero-order chi connectivity index (χ0) is 21.2. The molecule has 2 rings (SSSR count). The lowest BCUT2D eigenvalue weighted by molar-refractivity contribution is -0.123. The lowest BCUT2D eigenvalue weighted by atomic mass is 10.2. The zero-order valence-electron chi connectivity index (χ0n) is 16.0. The standard InChI is InChI=1S/C20H22ClN3O4S/c1-13(2)11-28-17-6-4-3-5-16(17)19(26)22-20(29)24-23-18(25)12-27-15-9-7-14(21)8-10-15/h3-10,13H,11-12H2,1-2H3,(H,23,25)(H2,22,24,26,29). The van der Waals surface area contributed by atoms with Crippen LogP contribution in [-0.4, -0.2) is 30.1 Å². The van der Waals surface area contributed by atoms with Crippen molar-refractivity contribution in [3.05, 3.63) is 59.1 Å². The SMILES string of the molecule is CC(C)COc1ccccc1C(=O)NC(=S)NNC(=O)COc1ccc(Cl)cc1. The molecule has 0 saturated heterocycles. The summed E-state index contributed by atoms with van der Waals surface area (Å²) < 4.78 is 11.0. The van der Waals surface area contributed by atoms with Crippen LogP contribution in [0.1, 0.15) is 24.2 Å². The van der Waals surface area contributed by atoms with Crippen molar-refractivity contribution in [2.45, 2.75) is 13.8 Å². The van der Waals surface area contributed by atoms with Crippen LogP contribution >= 0.6 is 23.8 Å². The number of hydrogen-bond acceptors (Lipinski definition) is 5. The molecule has 0 fully saturated rings. The number of nitrogens with one attached hydrogen (secondary N) is 3. The highest BCUT2D eigenvalue weighted by molar-refractivity contribution is 7.80. The molecule has 9 heteroatoms. The minimum absolute atomic E-state index is 0.0616. The molecular weight excluding hydrogens is 414 g/mol. The molecule has 0 heterocycles. The minimum atomic E-state index is -0.475. The van der Waals surface area contributed by atoms with Crippen LogP contribution in [0.5, 0.6) is 11.5 Å². The molecule has 0 spiro atoms. The highest BCUT2D eigenvalue weighted by Crippen LogP contribution is 2.18. The van der Waals surface area contributed by atoms with Gasteiger partial charge in [-0.1, -0.05) is 37.6 Å². The smallest absolute Gasteiger partial charge is 0.276 e. The zero-order valence-corrected chi connectivity index (χ0v) is 17.6. The average molecular weight is 436 g/mol. The summed E-state index contributed by atoms with van der Waals surface area (Å²) in [5, 5.41) is 3.00. The molecule has 0 saturated carbocycles. The Bertz CT molecular complexity index is 859. The molecule has 0 bridgehead atoms. The van der Waals surface area contributed by atoms with Gasteiger partial charge in [-0.3, -0.25) is 25.8 Å². The Morgan fingerprint density at radius 1 is 1.03 bits per heavy atom. The van der Waals surface area contributed by atoms with Crippen molar-refractivity contribution < 1.29 is 19.1 Å². The van der Waals surface area contributed by atoms with Gasteiger partial charge in [-0.15, -0.1) is 0 Å². The number of ether oxygens (including phenoxy) is 2. The number of hydrazine groups is 1. The molecule has 0 aromatic heterocycles. The van der Waals surface area contributed by atoms with Crippen LogP contribution in [0.25, 0.3) is 0 Å². The summed E-state index contributed by atoms with van der Waals surface area (Å²) in [4.78, 5) is 24.3. The highest BCUT2D eigenvalue weighted by atomic mass is 35.5. The molecule has 0 aliphatic carbocycles. The molecule has 0 aliphatic heterocycles. The van der Waals surface area contributed by atoms with E-state index in [-0.39, 0.29) is 11.7 Å². The Morgan fingerprint density at radius 2 is 1.72 bits per heavy atom. The summed E-state index contributed by atoms with van der Waals surface area (Å²) in [5.41, 5.74) is 5.15. The van der Waals surface area contributed by atoms with E-state index in [1.165, 1.54) is 0 Å². The summed E-state index contributed by atoms with van der Waals surface area (Å²) in [6.45, 7) is 4.27. The first-order valence-electron chi connectivity index (χ1n) is 8.85. The third-order valence-electron chi connectivity index (χ3n) is 3.43. The van der Waals surface area contributed by atoms with Crippen molar-refractivity contribution in [1.82, 2.24) is 16.2 Å². The van der Waals surface area contributed by atoms with Gasteiger partial charge in [0.1, 0.15) is 11.5 Å². The number of hydrogen-bond donors (Lipinski definition) is 3. The maximum atomic E-state index is 12.4. The number of para-hydroxylation sites is 1. The number of halogens is 1. The first-order valence-corrected chi connectivity index (χ1v) is 9.64. The van der Waals surface area contributed by atoms with Crippen molar-refractivity contribution in [2.24, 2.45) is 5.92 Å². The number of carbonyl (C=O) groups is 2. The largest absolute Gasteiger partial charge is 0.492 e. The Labute approximate surface area is 179 Å². The van der Waals surface area contributed by atoms with Crippen LogP contribution < -0.4 is 25.6 Å². The van der Waals surface area contributed by atoms with Crippen molar-refractivity contribution in [1.29, 1.82) is 0 Å². The molecule has 7 nitrogen and oxygen atoms in total. The number of benzene rings is 2. The van der Waals surface area contributed by atoms with E-state index in [2.05, 4.69) is 16.2 Å². The van der Waals surface area contributed by atoms with Crippen LogP contribution in [-0.2, 0) is 4.79 Å². The van der Waals surface area contributed by atoms with Gasteiger partial charge in [0.05, 0.1) is 12.2 Å². The van der Waals surface area contributed by atoms with E-state index in [1.807, 2.05) is 13.8 Å². The molecule has 0 atom stereocenters. The van der Waals surface area contributed by atoms with E-state index in [4.69, 9.17) is 33.3 Å². The van der Waals surface area contributed by atoms with Gasteiger partial charge in [0.25, 0.3) is 11.8 Å². The van der Waals surface area contributed by atoms with Crippen LogP contribution in [0.2, 0.25) is 5.02 Å². The maximum Gasteiger partial charge on any atom is 0.276 e. The van der Waals surface area contributed by atoms with E-state index < -0.39 is 11.8 Å². The number of amides is 2. The van der Waals surface area contributed by atoms with Gasteiger partial charge in [0.2, 0.25) is 0 Å². The predicted octanol–water partition coefficient (Wildman–Crippen LogP) is 3.09. The first kappa shape index (κ1) is 22.4. The van der Waals surface area contributed by atoms with E-state index in [0.29, 0.717) is 34.6 Å². The molecule has 154 valence electrons. The second-order valence-electron chi connectivity index (χ2n) is 6.40. The number of thiocarbonyl (C=S) groups is 1.